The lowest BCUT2D eigenvalue weighted by atomic mass is 10.0. The Kier molecular flexibility index (Phi) is 7.47. The van der Waals surface area contributed by atoms with Gasteiger partial charge in [0.2, 0.25) is 0 Å². The molecular weight excluding hydrogens is 333 g/mol. The lowest BCUT2D eigenvalue weighted by Gasteiger charge is -2.05. The van der Waals surface area contributed by atoms with E-state index >= 15 is 0 Å². The Morgan fingerprint density at radius 2 is 2.04 bits per heavy atom. The first-order valence-corrected chi connectivity index (χ1v) is 8.24. The minimum Gasteiger partial charge on any atom is -0.428 e. The number of allylic oxidation sites excluding steroid dienone is 1. The van der Waals surface area contributed by atoms with E-state index in [4.69, 9.17) is 9.25 Å². The van der Waals surface area contributed by atoms with Crippen LogP contribution in [0.5, 0.6) is 0 Å². The molecule has 130 valence electrons. The zero-order chi connectivity index (χ0) is 17.6. The normalized spacial score (nSPS) is 13.3. The average molecular weight is 352 g/mol. The van der Waals surface area contributed by atoms with Gasteiger partial charge >= 0.3 is 6.08 Å². The number of halogens is 3. The first-order valence-electron chi connectivity index (χ1n) is 6.92. The molecule has 1 aromatic rings. The molecule has 23 heavy (non-hydrogen) atoms. The Hall–Kier alpha value is -1.64. The van der Waals surface area contributed by atoms with Gasteiger partial charge in [-0.2, -0.15) is 8.78 Å². The van der Waals surface area contributed by atoms with Gasteiger partial charge in [-0.1, -0.05) is 19.0 Å². The van der Waals surface area contributed by atoms with Gasteiger partial charge in [0.05, 0.1) is 5.69 Å². The molecule has 0 fully saturated rings. The fourth-order valence-electron chi connectivity index (χ4n) is 1.77. The molecule has 0 aromatic carbocycles. The van der Waals surface area contributed by atoms with Crippen LogP contribution >= 0.6 is 0 Å². The van der Waals surface area contributed by atoms with Gasteiger partial charge in [-0.15, -0.1) is 0 Å². The van der Waals surface area contributed by atoms with Crippen molar-refractivity contribution in [2.24, 2.45) is 11.1 Å². The Balaban J connectivity index is 2.94. The van der Waals surface area contributed by atoms with Crippen molar-refractivity contribution < 1.29 is 26.6 Å². The Morgan fingerprint density at radius 3 is 2.57 bits per heavy atom. The van der Waals surface area contributed by atoms with Crippen LogP contribution in [0.4, 0.5) is 13.2 Å². The Labute approximate surface area is 135 Å². The van der Waals surface area contributed by atoms with Crippen LogP contribution in [-0.4, -0.2) is 27.8 Å². The van der Waals surface area contributed by atoms with Crippen LogP contribution in [0.15, 0.2) is 26.7 Å². The van der Waals surface area contributed by atoms with Gasteiger partial charge in [0, 0.05) is 12.2 Å². The van der Waals surface area contributed by atoms with Crippen molar-refractivity contribution >= 4 is 16.5 Å². The minimum absolute atomic E-state index is 0.142. The summed E-state index contributed by atoms with van der Waals surface area (Å²) >= 11 is 0. The second kappa shape index (κ2) is 8.85. The summed E-state index contributed by atoms with van der Waals surface area (Å²) in [5, 5.41) is 3.74. The van der Waals surface area contributed by atoms with Gasteiger partial charge in [-0.05, 0) is 19.3 Å². The third-order valence-electron chi connectivity index (χ3n) is 2.75. The van der Waals surface area contributed by atoms with Gasteiger partial charge in [-0.25, -0.2) is 13.6 Å². The number of oxime groups is 1. The van der Waals surface area contributed by atoms with E-state index in [1.54, 1.807) is 6.92 Å². The highest BCUT2D eigenvalue weighted by Crippen LogP contribution is 2.20. The maximum atomic E-state index is 12.8. The fraction of sp³-hybridized carbons (Fsp3) is 0.571. The molecule has 0 amide bonds. The van der Waals surface area contributed by atoms with Crippen LogP contribution in [0.25, 0.3) is 0 Å². The van der Waals surface area contributed by atoms with Crippen molar-refractivity contribution in [3.63, 3.8) is 0 Å². The molecule has 0 radical (unpaired) electrons. The monoisotopic (exact) mass is 352 g/mol. The number of aromatic nitrogens is 1. The lowest BCUT2D eigenvalue weighted by molar-refractivity contribution is 0.211. The summed E-state index contributed by atoms with van der Waals surface area (Å²) in [6.07, 6.45) is -2.49. The maximum Gasteiger partial charge on any atom is 0.301 e. The van der Waals surface area contributed by atoms with E-state index in [1.165, 1.54) is 7.11 Å². The predicted octanol–water partition coefficient (Wildman–Crippen LogP) is 3.95. The SMILES string of the molecule is CON=C(CC(C)C)c1oc(S(=O)CCC(F)=C(F)F)nc1C. The van der Waals surface area contributed by atoms with E-state index in [-0.39, 0.29) is 16.9 Å². The summed E-state index contributed by atoms with van der Waals surface area (Å²) in [4.78, 5) is 8.79. The predicted molar refractivity (Wildman–Crippen MR) is 80.5 cm³/mol. The van der Waals surface area contributed by atoms with Crippen LogP contribution < -0.4 is 0 Å². The van der Waals surface area contributed by atoms with E-state index in [9.17, 15) is 17.4 Å². The van der Waals surface area contributed by atoms with Gasteiger partial charge in [-0.3, -0.25) is 0 Å². The fourth-order valence-corrected chi connectivity index (χ4v) is 2.72. The molecule has 0 spiro atoms. The molecule has 1 aromatic heterocycles. The lowest BCUT2D eigenvalue weighted by Crippen LogP contribution is -2.06. The standard InChI is InChI=1S/C14H19F3N2O3S/c1-8(2)7-11(19-21-4)12-9(3)18-14(22-12)23(20)6-5-10(15)13(16)17/h8H,5-7H2,1-4H3. The molecule has 0 saturated carbocycles. The molecule has 0 bridgehead atoms. The summed E-state index contributed by atoms with van der Waals surface area (Å²) in [7, 11) is -0.430. The van der Waals surface area contributed by atoms with E-state index in [0.717, 1.165) is 0 Å². The first-order chi connectivity index (χ1) is 10.8. The van der Waals surface area contributed by atoms with E-state index in [0.29, 0.717) is 23.6 Å². The van der Waals surface area contributed by atoms with E-state index < -0.39 is 29.1 Å². The quantitative estimate of drug-likeness (QED) is 0.525. The van der Waals surface area contributed by atoms with Crippen LogP contribution in [-0.2, 0) is 15.6 Å². The largest absolute Gasteiger partial charge is 0.428 e. The molecule has 1 unspecified atom stereocenters. The third kappa shape index (κ3) is 5.81. The second-order valence-electron chi connectivity index (χ2n) is 5.18. The molecule has 5 nitrogen and oxygen atoms in total. The molecule has 0 aliphatic carbocycles. The highest BCUT2D eigenvalue weighted by atomic mass is 32.2. The Morgan fingerprint density at radius 1 is 1.39 bits per heavy atom. The van der Waals surface area contributed by atoms with E-state index in [2.05, 4.69) is 10.1 Å². The highest BCUT2D eigenvalue weighted by Gasteiger charge is 2.21. The van der Waals surface area contributed by atoms with Gasteiger partial charge in [0.1, 0.15) is 23.6 Å². The van der Waals surface area contributed by atoms with Crippen molar-refractivity contribution in [2.45, 2.75) is 38.8 Å². The van der Waals surface area contributed by atoms with Crippen molar-refractivity contribution in [3.05, 3.63) is 23.4 Å². The first kappa shape index (κ1) is 19.4. The average Bonchev–Trinajstić information content (AvgIpc) is 2.85. The topological polar surface area (TPSA) is 64.7 Å². The number of hydrogen-bond donors (Lipinski definition) is 0. The third-order valence-corrected chi connectivity index (χ3v) is 3.89. The molecule has 0 aliphatic rings. The summed E-state index contributed by atoms with van der Waals surface area (Å²) in [5.74, 6) is -1.32. The van der Waals surface area contributed by atoms with Crippen molar-refractivity contribution in [2.75, 3.05) is 12.9 Å². The molecule has 1 heterocycles. The van der Waals surface area contributed by atoms with Crippen LogP contribution in [0.3, 0.4) is 0 Å². The van der Waals surface area contributed by atoms with E-state index in [1.807, 2.05) is 13.8 Å². The van der Waals surface area contributed by atoms with Gasteiger partial charge in [0.25, 0.3) is 5.22 Å². The van der Waals surface area contributed by atoms with Crippen molar-refractivity contribution in [3.8, 4) is 0 Å². The number of rotatable bonds is 8. The maximum absolute atomic E-state index is 12.8. The number of hydrogen-bond acceptors (Lipinski definition) is 5. The summed E-state index contributed by atoms with van der Waals surface area (Å²) in [6.45, 7) is 5.61. The van der Waals surface area contributed by atoms with Crippen molar-refractivity contribution in [1.29, 1.82) is 0 Å². The second-order valence-corrected chi connectivity index (χ2v) is 6.63. The summed E-state index contributed by atoms with van der Waals surface area (Å²) < 4.78 is 54.2. The Bertz CT molecular complexity index is 623. The number of oxazole rings is 1. The highest BCUT2D eigenvalue weighted by molar-refractivity contribution is 7.84. The van der Waals surface area contributed by atoms with Crippen LogP contribution in [0.2, 0.25) is 0 Å². The molecule has 1 rings (SSSR count). The molecular formula is C14H19F3N2O3S. The molecule has 1 atom stereocenters. The summed E-state index contributed by atoms with van der Waals surface area (Å²) in [5.41, 5.74) is 0.967. The zero-order valence-corrected chi connectivity index (χ0v) is 14.2. The zero-order valence-electron chi connectivity index (χ0n) is 13.4. The molecule has 0 saturated heterocycles. The summed E-state index contributed by atoms with van der Waals surface area (Å²) in [6, 6.07) is 0. The van der Waals surface area contributed by atoms with Crippen LogP contribution in [0.1, 0.15) is 38.1 Å². The number of nitrogens with zero attached hydrogens (tertiary/aromatic N) is 2. The molecule has 0 N–H and O–H groups in total. The minimum atomic E-state index is -2.40. The smallest absolute Gasteiger partial charge is 0.301 e. The number of aryl methyl sites for hydroxylation is 1. The molecule has 0 aliphatic heterocycles. The van der Waals surface area contributed by atoms with Gasteiger partial charge in [0.15, 0.2) is 11.6 Å². The van der Waals surface area contributed by atoms with Gasteiger partial charge < -0.3 is 9.25 Å². The molecule has 9 heteroatoms. The van der Waals surface area contributed by atoms with Crippen LogP contribution in [0, 0.1) is 12.8 Å². The van der Waals surface area contributed by atoms with Crippen molar-refractivity contribution in [1.82, 2.24) is 4.98 Å².